The molecule has 0 bridgehead atoms. The van der Waals surface area contributed by atoms with Crippen LogP contribution in [0.2, 0.25) is 0 Å². The lowest BCUT2D eigenvalue weighted by atomic mass is 10.1. The third-order valence-corrected chi connectivity index (χ3v) is 5.11. The van der Waals surface area contributed by atoms with E-state index in [4.69, 9.17) is 0 Å². The average molecular weight is 417 g/mol. The molecule has 0 spiro atoms. The first-order valence-corrected chi connectivity index (χ1v) is 10.0. The van der Waals surface area contributed by atoms with Crippen molar-refractivity contribution >= 4 is 23.6 Å². The largest absolute Gasteiger partial charge is 0.416 e. The van der Waals surface area contributed by atoms with E-state index in [0.717, 1.165) is 23.9 Å². The number of amides is 2. The maximum Gasteiger partial charge on any atom is 0.416 e. The number of thioether (sulfide) groups is 1. The molecule has 1 aromatic carbocycles. The van der Waals surface area contributed by atoms with Gasteiger partial charge in [0.05, 0.1) is 17.9 Å². The Balaban J connectivity index is 1.77. The molecule has 9 heteroatoms. The second-order valence-electron chi connectivity index (χ2n) is 7.77. The Morgan fingerprint density at radius 3 is 2.32 bits per heavy atom. The highest BCUT2D eigenvalue weighted by atomic mass is 32.2. The molecule has 1 saturated heterocycles. The topological polar surface area (TPSA) is 52.7 Å². The molecule has 1 fully saturated rings. The second kappa shape index (κ2) is 9.17. The van der Waals surface area contributed by atoms with Crippen LogP contribution < -0.4 is 5.32 Å². The number of halogens is 3. The van der Waals surface area contributed by atoms with Gasteiger partial charge in [-0.1, -0.05) is 6.07 Å². The molecule has 0 aromatic heterocycles. The van der Waals surface area contributed by atoms with Gasteiger partial charge >= 0.3 is 6.18 Å². The van der Waals surface area contributed by atoms with Gasteiger partial charge < -0.3 is 10.2 Å². The molecule has 0 radical (unpaired) electrons. The first-order chi connectivity index (χ1) is 12.9. The van der Waals surface area contributed by atoms with E-state index in [-0.39, 0.29) is 29.7 Å². The van der Waals surface area contributed by atoms with Crippen molar-refractivity contribution in [1.29, 1.82) is 0 Å². The van der Waals surface area contributed by atoms with Crippen molar-refractivity contribution < 1.29 is 22.8 Å². The quantitative estimate of drug-likeness (QED) is 0.749. The van der Waals surface area contributed by atoms with Crippen molar-refractivity contribution in [1.82, 2.24) is 15.1 Å². The molecule has 1 aliphatic heterocycles. The van der Waals surface area contributed by atoms with Crippen LogP contribution in [-0.2, 0) is 15.8 Å². The number of alkyl halides is 3. The zero-order chi connectivity index (χ0) is 20.9. The van der Waals surface area contributed by atoms with Crippen LogP contribution in [0.25, 0.3) is 0 Å². The Morgan fingerprint density at radius 2 is 1.75 bits per heavy atom. The number of carbonyl (C=O) groups is 2. The van der Waals surface area contributed by atoms with E-state index in [9.17, 15) is 22.8 Å². The van der Waals surface area contributed by atoms with Gasteiger partial charge in [-0.05, 0) is 39.0 Å². The predicted octanol–water partition coefficient (Wildman–Crippen LogP) is 2.86. The predicted molar refractivity (Wildman–Crippen MR) is 103 cm³/mol. The molecule has 28 heavy (non-hydrogen) atoms. The number of hydrogen-bond donors (Lipinski definition) is 1. The molecule has 5 nitrogen and oxygen atoms in total. The fourth-order valence-corrected chi connectivity index (χ4v) is 3.67. The highest BCUT2D eigenvalue weighted by Crippen LogP contribution is 2.31. The Bertz CT molecular complexity index is 696. The maximum atomic E-state index is 12.8. The van der Waals surface area contributed by atoms with Crippen LogP contribution in [0.1, 0.15) is 26.3 Å². The van der Waals surface area contributed by atoms with E-state index in [1.54, 1.807) is 11.0 Å². The van der Waals surface area contributed by atoms with Crippen LogP contribution in [0.4, 0.5) is 13.2 Å². The number of nitrogens with one attached hydrogen (secondary N) is 1. The summed E-state index contributed by atoms with van der Waals surface area (Å²) < 4.78 is 38.3. The molecule has 0 unspecified atom stereocenters. The average Bonchev–Trinajstić information content (AvgIpc) is 2.58. The van der Waals surface area contributed by atoms with Crippen molar-refractivity contribution in [3.8, 4) is 0 Å². The monoisotopic (exact) mass is 417 g/mol. The minimum absolute atomic E-state index is 0.0487. The molecule has 2 amide bonds. The van der Waals surface area contributed by atoms with Gasteiger partial charge in [0.1, 0.15) is 0 Å². The number of carbonyl (C=O) groups excluding carboxylic acids is 2. The van der Waals surface area contributed by atoms with Gasteiger partial charge in [-0.25, -0.2) is 0 Å². The lowest BCUT2D eigenvalue weighted by molar-refractivity contribution is -0.137. The first-order valence-electron chi connectivity index (χ1n) is 9.05. The fourth-order valence-electron chi connectivity index (χ4n) is 2.81. The Morgan fingerprint density at radius 1 is 1.11 bits per heavy atom. The van der Waals surface area contributed by atoms with E-state index in [1.807, 2.05) is 25.7 Å². The number of rotatable bonds is 5. The maximum absolute atomic E-state index is 12.8. The standard InChI is InChI=1S/C19H26F3N3O2S/c1-18(2,3)23-16(26)12-24-7-9-25(10-8-24)17(27)13-28-15-6-4-5-14(11-15)19(20,21)22/h4-6,11H,7-10,12-13H2,1-3H3,(H,23,26). The fraction of sp³-hybridized carbons (Fsp3) is 0.579. The summed E-state index contributed by atoms with van der Waals surface area (Å²) in [5.74, 6) is -0.0696. The summed E-state index contributed by atoms with van der Waals surface area (Å²) in [5.41, 5.74) is -0.998. The Kier molecular flexibility index (Phi) is 7.39. The third-order valence-electron chi connectivity index (χ3n) is 4.13. The SMILES string of the molecule is CC(C)(C)NC(=O)CN1CCN(C(=O)CSc2cccc(C(F)(F)F)c2)CC1. The zero-order valence-electron chi connectivity index (χ0n) is 16.3. The molecule has 1 aliphatic rings. The van der Waals surface area contributed by atoms with Gasteiger partial charge in [0.15, 0.2) is 0 Å². The minimum atomic E-state index is -4.39. The lowest BCUT2D eigenvalue weighted by Crippen LogP contribution is -2.53. The summed E-state index contributed by atoms with van der Waals surface area (Å²) in [6.07, 6.45) is -4.39. The molecule has 0 saturated carbocycles. The summed E-state index contributed by atoms with van der Waals surface area (Å²) in [5, 5.41) is 2.91. The van der Waals surface area contributed by atoms with Crippen LogP contribution >= 0.6 is 11.8 Å². The number of nitrogens with zero attached hydrogens (tertiary/aromatic N) is 2. The molecule has 156 valence electrons. The number of benzene rings is 1. The first kappa shape index (κ1) is 22.5. The van der Waals surface area contributed by atoms with Crippen molar-refractivity contribution in [3.63, 3.8) is 0 Å². The van der Waals surface area contributed by atoms with Crippen LogP contribution in [0.3, 0.4) is 0 Å². The van der Waals surface area contributed by atoms with E-state index in [1.165, 1.54) is 6.07 Å². The zero-order valence-corrected chi connectivity index (χ0v) is 17.1. The van der Waals surface area contributed by atoms with Gasteiger partial charge in [0.2, 0.25) is 11.8 Å². The third kappa shape index (κ3) is 7.35. The van der Waals surface area contributed by atoms with Gasteiger partial charge in [-0.3, -0.25) is 14.5 Å². The highest BCUT2D eigenvalue weighted by molar-refractivity contribution is 8.00. The number of piperazine rings is 1. The van der Waals surface area contributed by atoms with Crippen LogP contribution in [0.15, 0.2) is 29.2 Å². The van der Waals surface area contributed by atoms with Gasteiger partial charge in [-0.15, -0.1) is 11.8 Å². The second-order valence-corrected chi connectivity index (χ2v) is 8.82. The van der Waals surface area contributed by atoms with Crippen LogP contribution in [-0.4, -0.2) is 65.6 Å². The Labute approximate surface area is 167 Å². The van der Waals surface area contributed by atoms with Crippen molar-refractivity contribution in [2.24, 2.45) is 0 Å². The molecular weight excluding hydrogens is 391 g/mol. The summed E-state index contributed by atoms with van der Waals surface area (Å²) in [6.45, 7) is 8.25. The van der Waals surface area contributed by atoms with Crippen LogP contribution in [0.5, 0.6) is 0 Å². The molecule has 2 rings (SSSR count). The smallest absolute Gasteiger partial charge is 0.350 e. The van der Waals surface area contributed by atoms with E-state index < -0.39 is 11.7 Å². The molecule has 0 aliphatic carbocycles. The normalized spacial score (nSPS) is 16.1. The highest BCUT2D eigenvalue weighted by Gasteiger charge is 2.30. The summed E-state index contributed by atoms with van der Waals surface area (Å²) in [4.78, 5) is 28.4. The van der Waals surface area contributed by atoms with Crippen molar-refractivity contribution in [3.05, 3.63) is 29.8 Å². The molecule has 0 atom stereocenters. The molecule has 1 N–H and O–H groups in total. The molecule has 1 heterocycles. The van der Waals surface area contributed by atoms with E-state index in [2.05, 4.69) is 5.32 Å². The van der Waals surface area contributed by atoms with Gasteiger partial charge in [-0.2, -0.15) is 13.2 Å². The molecular formula is C19H26F3N3O2S. The van der Waals surface area contributed by atoms with Crippen molar-refractivity contribution in [2.45, 2.75) is 37.4 Å². The summed E-state index contributed by atoms with van der Waals surface area (Å²) in [7, 11) is 0. The van der Waals surface area contributed by atoms with E-state index >= 15 is 0 Å². The van der Waals surface area contributed by atoms with Gasteiger partial charge in [0.25, 0.3) is 0 Å². The van der Waals surface area contributed by atoms with Crippen LogP contribution in [0, 0.1) is 0 Å². The lowest BCUT2D eigenvalue weighted by Gasteiger charge is -2.35. The summed E-state index contributed by atoms with van der Waals surface area (Å²) in [6, 6.07) is 4.99. The van der Waals surface area contributed by atoms with Crippen molar-refractivity contribution in [2.75, 3.05) is 38.5 Å². The molecule has 1 aromatic rings. The van der Waals surface area contributed by atoms with Gasteiger partial charge in [0, 0.05) is 36.6 Å². The minimum Gasteiger partial charge on any atom is -0.350 e. The van der Waals surface area contributed by atoms with E-state index in [0.29, 0.717) is 31.1 Å². The number of hydrogen-bond acceptors (Lipinski definition) is 4. The Hall–Kier alpha value is -1.74. The summed E-state index contributed by atoms with van der Waals surface area (Å²) >= 11 is 1.10.